The molecule has 0 bridgehead atoms. The molecule has 1 atom stereocenters. The number of aryl methyl sites for hydroxylation is 1. The van der Waals surface area contributed by atoms with Crippen LogP contribution in [0.25, 0.3) is 0 Å². The summed E-state index contributed by atoms with van der Waals surface area (Å²) in [6.45, 7) is 6.53. The number of ether oxygens (including phenoxy) is 1. The van der Waals surface area contributed by atoms with Crippen LogP contribution in [0.4, 0.5) is 0 Å². The zero-order chi connectivity index (χ0) is 16.5. The molecule has 0 saturated carbocycles. The lowest BCUT2D eigenvalue weighted by Gasteiger charge is -2.18. The van der Waals surface area contributed by atoms with Crippen LogP contribution in [0.15, 0.2) is 53.8 Å². The minimum Gasteiger partial charge on any atom is -0.489 e. The molecule has 2 aromatic rings. The quantitative estimate of drug-likeness (QED) is 0.609. The number of nitrogens with one attached hydrogen (secondary N) is 2. The molecular weight excluding hydrogens is 288 g/mol. The lowest BCUT2D eigenvalue weighted by molar-refractivity contribution is 0.224. The number of benzene rings is 1. The average Bonchev–Trinajstić information content (AvgIpc) is 3.06. The predicted molar refractivity (Wildman–Crippen MR) is 95.1 cm³/mol. The molecule has 1 unspecified atom stereocenters. The summed E-state index contributed by atoms with van der Waals surface area (Å²) in [5.41, 5.74) is 1.23. The first-order chi connectivity index (χ1) is 11.2. The number of nitrogens with zero attached hydrogens (tertiary/aromatic N) is 2. The van der Waals surface area contributed by atoms with E-state index in [-0.39, 0.29) is 6.10 Å². The fourth-order valence-corrected chi connectivity index (χ4v) is 2.17. The van der Waals surface area contributed by atoms with Crippen LogP contribution in [0.3, 0.4) is 0 Å². The highest BCUT2D eigenvalue weighted by atomic mass is 16.5. The van der Waals surface area contributed by atoms with Gasteiger partial charge in [0.15, 0.2) is 5.96 Å². The highest BCUT2D eigenvalue weighted by Gasteiger charge is 2.05. The van der Waals surface area contributed by atoms with Crippen molar-refractivity contribution in [2.24, 2.45) is 4.99 Å². The maximum absolute atomic E-state index is 5.88. The zero-order valence-corrected chi connectivity index (χ0v) is 14.1. The van der Waals surface area contributed by atoms with E-state index in [0.29, 0.717) is 6.54 Å². The van der Waals surface area contributed by atoms with Crippen LogP contribution >= 0.6 is 0 Å². The molecule has 0 fully saturated rings. The zero-order valence-electron chi connectivity index (χ0n) is 14.1. The smallest absolute Gasteiger partial charge is 0.191 e. The second-order valence-electron chi connectivity index (χ2n) is 5.54. The third-order valence-corrected chi connectivity index (χ3v) is 3.47. The largest absolute Gasteiger partial charge is 0.489 e. The Morgan fingerprint density at radius 2 is 1.87 bits per heavy atom. The lowest BCUT2D eigenvalue weighted by Crippen LogP contribution is -2.42. The SMILES string of the molecule is CN=C(NCCn1cccc1)NCC(C)Oc1ccc(C)cc1. The molecule has 2 rings (SSSR count). The second kappa shape index (κ2) is 8.88. The van der Waals surface area contributed by atoms with Crippen LogP contribution in [0.5, 0.6) is 5.75 Å². The molecule has 0 aliphatic carbocycles. The van der Waals surface area contributed by atoms with E-state index in [0.717, 1.165) is 24.8 Å². The maximum atomic E-state index is 5.88. The highest BCUT2D eigenvalue weighted by Crippen LogP contribution is 2.12. The first-order valence-electron chi connectivity index (χ1n) is 7.96. The van der Waals surface area contributed by atoms with Crippen molar-refractivity contribution in [2.75, 3.05) is 20.1 Å². The lowest BCUT2D eigenvalue weighted by atomic mass is 10.2. The van der Waals surface area contributed by atoms with Crippen molar-refractivity contribution in [2.45, 2.75) is 26.5 Å². The standard InChI is InChI=1S/C18H26N4O/c1-15-6-8-17(9-7-15)23-16(2)14-21-18(19-3)20-10-13-22-11-4-5-12-22/h4-9,11-12,16H,10,13-14H2,1-3H3,(H2,19,20,21). The Balaban J connectivity index is 1.68. The van der Waals surface area contributed by atoms with Gasteiger partial charge < -0.3 is 19.9 Å². The minimum atomic E-state index is 0.0562. The molecule has 5 nitrogen and oxygen atoms in total. The van der Waals surface area contributed by atoms with Gasteiger partial charge in [0.05, 0.1) is 6.54 Å². The summed E-state index contributed by atoms with van der Waals surface area (Å²) < 4.78 is 8.01. The van der Waals surface area contributed by atoms with E-state index in [9.17, 15) is 0 Å². The fraction of sp³-hybridized carbons (Fsp3) is 0.389. The van der Waals surface area contributed by atoms with Gasteiger partial charge in [0.25, 0.3) is 0 Å². The molecular formula is C18H26N4O. The molecule has 23 heavy (non-hydrogen) atoms. The van der Waals surface area contributed by atoms with Crippen molar-refractivity contribution < 1.29 is 4.74 Å². The Labute approximate surface area is 138 Å². The highest BCUT2D eigenvalue weighted by molar-refractivity contribution is 5.79. The van der Waals surface area contributed by atoms with Crippen LogP contribution in [0.2, 0.25) is 0 Å². The number of guanidine groups is 1. The number of hydrogen-bond donors (Lipinski definition) is 2. The second-order valence-corrected chi connectivity index (χ2v) is 5.54. The number of aromatic nitrogens is 1. The van der Waals surface area contributed by atoms with E-state index in [1.165, 1.54) is 5.56 Å². The predicted octanol–water partition coefficient (Wildman–Crippen LogP) is 2.43. The van der Waals surface area contributed by atoms with E-state index in [1.807, 2.05) is 31.2 Å². The number of hydrogen-bond acceptors (Lipinski definition) is 2. The van der Waals surface area contributed by atoms with Crippen molar-refractivity contribution in [3.63, 3.8) is 0 Å². The molecule has 0 radical (unpaired) electrons. The van der Waals surface area contributed by atoms with Crippen molar-refractivity contribution in [3.8, 4) is 5.75 Å². The van der Waals surface area contributed by atoms with E-state index < -0.39 is 0 Å². The Hall–Kier alpha value is -2.43. The molecule has 1 aromatic carbocycles. The summed E-state index contributed by atoms with van der Waals surface area (Å²) in [6.07, 6.45) is 4.16. The Morgan fingerprint density at radius 3 is 2.52 bits per heavy atom. The van der Waals surface area contributed by atoms with Gasteiger partial charge in [0.1, 0.15) is 11.9 Å². The van der Waals surface area contributed by atoms with Crippen LogP contribution in [0, 0.1) is 6.92 Å². The molecule has 1 heterocycles. The third-order valence-electron chi connectivity index (χ3n) is 3.47. The topological polar surface area (TPSA) is 50.6 Å². The monoisotopic (exact) mass is 314 g/mol. The van der Waals surface area contributed by atoms with Crippen LogP contribution < -0.4 is 15.4 Å². The van der Waals surface area contributed by atoms with Crippen molar-refractivity contribution in [3.05, 3.63) is 54.4 Å². The van der Waals surface area contributed by atoms with Crippen molar-refractivity contribution in [1.29, 1.82) is 0 Å². The van der Waals surface area contributed by atoms with Crippen LogP contribution in [0.1, 0.15) is 12.5 Å². The van der Waals surface area contributed by atoms with Gasteiger partial charge in [-0.1, -0.05) is 17.7 Å². The maximum Gasteiger partial charge on any atom is 0.191 e. The van der Waals surface area contributed by atoms with Gasteiger partial charge in [0.2, 0.25) is 0 Å². The molecule has 0 saturated heterocycles. The summed E-state index contributed by atoms with van der Waals surface area (Å²) in [6, 6.07) is 12.1. The number of aliphatic imine (C=N–C) groups is 1. The average molecular weight is 314 g/mol. The molecule has 5 heteroatoms. The molecule has 0 amide bonds. The van der Waals surface area contributed by atoms with Gasteiger partial charge in [-0.25, -0.2) is 0 Å². The van der Waals surface area contributed by atoms with Gasteiger partial charge in [-0.2, -0.15) is 0 Å². The van der Waals surface area contributed by atoms with Gasteiger partial charge in [0, 0.05) is 32.5 Å². The Kier molecular flexibility index (Phi) is 6.54. The van der Waals surface area contributed by atoms with Gasteiger partial charge >= 0.3 is 0 Å². The minimum absolute atomic E-state index is 0.0562. The molecule has 0 aliphatic rings. The summed E-state index contributed by atoms with van der Waals surface area (Å²) in [7, 11) is 1.77. The van der Waals surface area contributed by atoms with Crippen molar-refractivity contribution >= 4 is 5.96 Å². The van der Waals surface area contributed by atoms with Gasteiger partial charge in [-0.3, -0.25) is 4.99 Å². The van der Waals surface area contributed by atoms with Crippen LogP contribution in [-0.2, 0) is 6.54 Å². The van der Waals surface area contributed by atoms with E-state index in [4.69, 9.17) is 4.74 Å². The van der Waals surface area contributed by atoms with E-state index in [1.54, 1.807) is 7.05 Å². The van der Waals surface area contributed by atoms with Gasteiger partial charge in [-0.15, -0.1) is 0 Å². The van der Waals surface area contributed by atoms with Crippen LogP contribution in [-0.4, -0.2) is 36.8 Å². The first-order valence-corrected chi connectivity index (χ1v) is 7.96. The van der Waals surface area contributed by atoms with Crippen molar-refractivity contribution in [1.82, 2.24) is 15.2 Å². The molecule has 1 aromatic heterocycles. The molecule has 124 valence electrons. The normalized spacial score (nSPS) is 12.7. The number of rotatable bonds is 7. The van der Waals surface area contributed by atoms with E-state index in [2.05, 4.69) is 51.6 Å². The summed E-state index contributed by atoms with van der Waals surface area (Å²) >= 11 is 0. The molecule has 0 spiro atoms. The fourth-order valence-electron chi connectivity index (χ4n) is 2.17. The Morgan fingerprint density at radius 1 is 1.17 bits per heavy atom. The molecule has 0 aliphatic heterocycles. The Bertz CT molecular complexity index is 590. The first kappa shape index (κ1) is 16.9. The summed E-state index contributed by atoms with van der Waals surface area (Å²) in [5, 5.41) is 6.58. The van der Waals surface area contributed by atoms with E-state index >= 15 is 0 Å². The summed E-state index contributed by atoms with van der Waals surface area (Å²) in [5.74, 6) is 1.68. The molecule has 2 N–H and O–H groups in total. The summed E-state index contributed by atoms with van der Waals surface area (Å²) in [4.78, 5) is 4.23. The van der Waals surface area contributed by atoms with Gasteiger partial charge in [-0.05, 0) is 38.1 Å². The third kappa shape index (κ3) is 6.06.